The molecular weight excluding hydrogens is 461 g/mol. The first kappa shape index (κ1) is 21.7. The van der Waals surface area contributed by atoms with Crippen LogP contribution in [-0.4, -0.2) is 41.3 Å². The van der Waals surface area contributed by atoms with E-state index in [2.05, 4.69) is 32.3 Å². The third-order valence-electron chi connectivity index (χ3n) is 5.55. The second-order valence-corrected chi connectivity index (χ2v) is 8.57. The van der Waals surface area contributed by atoms with E-state index < -0.39 is 0 Å². The summed E-state index contributed by atoms with van der Waals surface area (Å²) in [5.41, 5.74) is 3.38. The van der Waals surface area contributed by atoms with E-state index in [1.807, 2.05) is 12.1 Å². The van der Waals surface area contributed by atoms with Crippen molar-refractivity contribution in [3.8, 4) is 11.3 Å². The average molecular weight is 482 g/mol. The standard InChI is InChI=1S/C24H21Cl2N5O2/c25-15-2-7-19(26)18(12-15)20-13-21-22(24(32)28-14-27-21)23(30-20)29-16-3-5-17(6-4-16)31-8-1-10-33-11-9-31/h2-7,12-14H,1,8-11H2,(H,29,30)(H,27,28,32). The first-order valence-electron chi connectivity index (χ1n) is 10.6. The van der Waals surface area contributed by atoms with Gasteiger partial charge in [-0.1, -0.05) is 23.2 Å². The molecule has 0 saturated carbocycles. The first-order valence-corrected chi connectivity index (χ1v) is 11.4. The number of nitrogens with one attached hydrogen (secondary N) is 2. The zero-order chi connectivity index (χ0) is 22.8. The summed E-state index contributed by atoms with van der Waals surface area (Å²) >= 11 is 12.6. The third-order valence-corrected chi connectivity index (χ3v) is 6.11. The molecule has 2 aromatic heterocycles. The largest absolute Gasteiger partial charge is 0.380 e. The van der Waals surface area contributed by atoms with Crippen molar-refractivity contribution < 1.29 is 4.74 Å². The lowest BCUT2D eigenvalue weighted by atomic mass is 10.1. The van der Waals surface area contributed by atoms with Crippen LogP contribution >= 0.6 is 23.2 Å². The molecule has 0 aliphatic carbocycles. The molecule has 0 spiro atoms. The lowest BCUT2D eigenvalue weighted by molar-refractivity contribution is 0.152. The molecule has 1 fully saturated rings. The molecule has 2 aromatic carbocycles. The Kier molecular flexibility index (Phi) is 6.17. The number of hydrogen-bond acceptors (Lipinski definition) is 6. The van der Waals surface area contributed by atoms with Crippen LogP contribution in [0.1, 0.15) is 6.42 Å². The number of ether oxygens (including phenoxy) is 1. The van der Waals surface area contributed by atoms with Crippen LogP contribution in [-0.2, 0) is 4.74 Å². The van der Waals surface area contributed by atoms with E-state index >= 15 is 0 Å². The molecule has 2 N–H and O–H groups in total. The van der Waals surface area contributed by atoms with Crippen molar-refractivity contribution in [3.63, 3.8) is 0 Å². The van der Waals surface area contributed by atoms with Gasteiger partial charge >= 0.3 is 0 Å². The minimum atomic E-state index is -0.278. The zero-order valence-electron chi connectivity index (χ0n) is 17.6. The summed E-state index contributed by atoms with van der Waals surface area (Å²) in [6, 6.07) is 15.0. The number of benzene rings is 2. The summed E-state index contributed by atoms with van der Waals surface area (Å²) in [5.74, 6) is 0.392. The van der Waals surface area contributed by atoms with Gasteiger partial charge in [0.05, 0.1) is 29.2 Å². The molecule has 9 heteroatoms. The second-order valence-electron chi connectivity index (χ2n) is 7.73. The molecular formula is C24H21Cl2N5O2. The Labute approximate surface area is 200 Å². The van der Waals surface area contributed by atoms with Gasteiger partial charge in [0.1, 0.15) is 11.2 Å². The van der Waals surface area contributed by atoms with Crippen molar-refractivity contribution in [2.24, 2.45) is 0 Å². The summed E-state index contributed by atoms with van der Waals surface area (Å²) < 4.78 is 5.55. The number of hydrogen-bond donors (Lipinski definition) is 2. The Balaban J connectivity index is 1.53. The number of rotatable bonds is 4. The fraction of sp³-hybridized carbons (Fsp3) is 0.208. The molecule has 33 heavy (non-hydrogen) atoms. The maximum absolute atomic E-state index is 12.6. The Hall–Kier alpha value is -3.13. The van der Waals surface area contributed by atoms with Gasteiger partial charge in [-0.15, -0.1) is 0 Å². The number of H-pyrrole nitrogens is 1. The van der Waals surface area contributed by atoms with Crippen LogP contribution in [0.25, 0.3) is 22.2 Å². The Morgan fingerprint density at radius 3 is 2.73 bits per heavy atom. The predicted octanol–water partition coefficient (Wildman–Crippen LogP) is 5.26. The van der Waals surface area contributed by atoms with Gasteiger partial charge < -0.3 is 19.9 Å². The molecule has 3 heterocycles. The van der Waals surface area contributed by atoms with Crippen LogP contribution < -0.4 is 15.8 Å². The molecule has 5 rings (SSSR count). The lowest BCUT2D eigenvalue weighted by Gasteiger charge is -2.22. The smallest absolute Gasteiger partial charge is 0.262 e. The van der Waals surface area contributed by atoms with Crippen LogP contribution in [0.2, 0.25) is 10.0 Å². The van der Waals surface area contributed by atoms with E-state index in [4.69, 9.17) is 32.9 Å². The molecule has 0 radical (unpaired) electrons. The van der Waals surface area contributed by atoms with Gasteiger partial charge in [-0.25, -0.2) is 9.97 Å². The van der Waals surface area contributed by atoms with E-state index in [0.29, 0.717) is 38.0 Å². The van der Waals surface area contributed by atoms with Gasteiger partial charge in [0.15, 0.2) is 0 Å². The maximum atomic E-state index is 12.6. The van der Waals surface area contributed by atoms with Gasteiger partial charge in [0, 0.05) is 41.7 Å². The van der Waals surface area contributed by atoms with Crippen LogP contribution in [0, 0.1) is 0 Å². The summed E-state index contributed by atoms with van der Waals surface area (Å²) in [4.78, 5) is 26.6. The molecule has 0 atom stereocenters. The van der Waals surface area contributed by atoms with Crippen molar-refractivity contribution in [1.82, 2.24) is 15.0 Å². The van der Waals surface area contributed by atoms with E-state index in [9.17, 15) is 4.79 Å². The molecule has 0 amide bonds. The number of fused-ring (bicyclic) bond motifs is 1. The van der Waals surface area contributed by atoms with Crippen LogP contribution in [0.15, 0.2) is 59.7 Å². The van der Waals surface area contributed by atoms with Gasteiger partial charge in [0.25, 0.3) is 5.56 Å². The lowest BCUT2D eigenvalue weighted by Crippen LogP contribution is -2.25. The average Bonchev–Trinajstić information content (AvgIpc) is 3.11. The summed E-state index contributed by atoms with van der Waals surface area (Å²) in [7, 11) is 0. The van der Waals surface area contributed by atoms with Crippen LogP contribution in [0.3, 0.4) is 0 Å². The summed E-state index contributed by atoms with van der Waals surface area (Å²) in [6.07, 6.45) is 2.38. The molecule has 1 saturated heterocycles. The van der Waals surface area contributed by atoms with Crippen LogP contribution in [0.4, 0.5) is 17.2 Å². The number of halogens is 2. The fourth-order valence-electron chi connectivity index (χ4n) is 3.91. The third kappa shape index (κ3) is 4.66. The topological polar surface area (TPSA) is 83.1 Å². The highest BCUT2D eigenvalue weighted by molar-refractivity contribution is 6.35. The van der Waals surface area contributed by atoms with E-state index in [1.165, 1.54) is 6.33 Å². The van der Waals surface area contributed by atoms with E-state index in [1.54, 1.807) is 24.3 Å². The summed E-state index contributed by atoms with van der Waals surface area (Å²) in [5, 5.41) is 4.70. The van der Waals surface area contributed by atoms with Crippen molar-refractivity contribution in [2.45, 2.75) is 6.42 Å². The highest BCUT2D eigenvalue weighted by Gasteiger charge is 2.15. The first-order chi connectivity index (χ1) is 16.1. The number of pyridine rings is 1. The van der Waals surface area contributed by atoms with Crippen molar-refractivity contribution >= 4 is 51.3 Å². The SMILES string of the molecule is O=c1[nH]cnc2cc(-c3cc(Cl)ccc3Cl)nc(Nc3ccc(N4CCCOCC4)cc3)c12. The minimum Gasteiger partial charge on any atom is -0.380 e. The Bertz CT molecular complexity index is 1350. The zero-order valence-corrected chi connectivity index (χ0v) is 19.2. The molecule has 0 unspecified atom stereocenters. The van der Waals surface area contributed by atoms with E-state index in [-0.39, 0.29) is 5.56 Å². The van der Waals surface area contributed by atoms with Crippen LogP contribution in [0.5, 0.6) is 0 Å². The quantitative estimate of drug-likeness (QED) is 0.413. The van der Waals surface area contributed by atoms with Crippen molar-refractivity contribution in [3.05, 3.63) is 75.3 Å². The van der Waals surface area contributed by atoms with E-state index in [0.717, 1.165) is 44.1 Å². The Morgan fingerprint density at radius 1 is 1.03 bits per heavy atom. The predicted molar refractivity (Wildman–Crippen MR) is 133 cm³/mol. The molecule has 0 bridgehead atoms. The second kappa shape index (κ2) is 9.39. The van der Waals surface area contributed by atoms with Crippen molar-refractivity contribution in [1.29, 1.82) is 0 Å². The monoisotopic (exact) mass is 481 g/mol. The molecule has 7 nitrogen and oxygen atoms in total. The molecule has 4 aromatic rings. The normalized spacial score (nSPS) is 14.3. The van der Waals surface area contributed by atoms with Gasteiger partial charge in [0.2, 0.25) is 0 Å². The summed E-state index contributed by atoms with van der Waals surface area (Å²) in [6.45, 7) is 3.35. The molecule has 168 valence electrons. The number of aromatic nitrogens is 3. The number of nitrogens with zero attached hydrogens (tertiary/aromatic N) is 3. The van der Waals surface area contributed by atoms with Gasteiger partial charge in [-0.3, -0.25) is 4.79 Å². The Morgan fingerprint density at radius 2 is 1.88 bits per heavy atom. The fourth-order valence-corrected chi connectivity index (χ4v) is 4.30. The molecule has 1 aliphatic heterocycles. The number of aromatic amines is 1. The highest BCUT2D eigenvalue weighted by Crippen LogP contribution is 2.33. The van der Waals surface area contributed by atoms with Gasteiger partial charge in [-0.2, -0.15) is 0 Å². The van der Waals surface area contributed by atoms with Crippen molar-refractivity contribution in [2.75, 3.05) is 36.5 Å². The maximum Gasteiger partial charge on any atom is 0.262 e. The highest BCUT2D eigenvalue weighted by atomic mass is 35.5. The minimum absolute atomic E-state index is 0.278. The van der Waals surface area contributed by atoms with Gasteiger partial charge in [-0.05, 0) is 55.0 Å². The number of anilines is 3. The molecule has 1 aliphatic rings.